The van der Waals surface area contributed by atoms with Gasteiger partial charge in [-0.1, -0.05) is 37.0 Å². The van der Waals surface area contributed by atoms with Crippen LogP contribution in [-0.2, 0) is 4.79 Å². The van der Waals surface area contributed by atoms with Crippen molar-refractivity contribution < 1.29 is 4.79 Å². The molecule has 1 heterocycles. The summed E-state index contributed by atoms with van der Waals surface area (Å²) in [5.74, 6) is 0.112. The maximum atomic E-state index is 12.5. The molecule has 1 amide bonds. The number of hydrogen-bond donors (Lipinski definition) is 1. The van der Waals surface area contributed by atoms with E-state index in [4.69, 9.17) is 0 Å². The Morgan fingerprint density at radius 2 is 1.60 bits per heavy atom. The average molecular weight is 344 g/mol. The molecule has 25 heavy (non-hydrogen) atoms. The Balaban J connectivity index is 1.48. The summed E-state index contributed by atoms with van der Waals surface area (Å²) >= 11 is 0. The lowest BCUT2D eigenvalue weighted by Gasteiger charge is -2.40. The molecule has 1 aliphatic carbocycles. The minimum absolute atomic E-state index is 0.112. The van der Waals surface area contributed by atoms with Crippen LogP contribution in [-0.4, -0.2) is 54.5 Å². The van der Waals surface area contributed by atoms with E-state index in [1.807, 2.05) is 0 Å². The zero-order valence-corrected chi connectivity index (χ0v) is 16.1. The van der Waals surface area contributed by atoms with Crippen molar-refractivity contribution >= 4 is 11.6 Å². The molecule has 0 aromatic heterocycles. The lowest BCUT2D eigenvalue weighted by Crippen LogP contribution is -2.52. The molecule has 0 radical (unpaired) electrons. The van der Waals surface area contributed by atoms with Crippen LogP contribution in [0.1, 0.15) is 48.8 Å². The molecule has 1 aromatic carbocycles. The van der Waals surface area contributed by atoms with E-state index in [1.165, 1.54) is 37.7 Å². The third-order valence-electron chi connectivity index (χ3n) is 5.81. The van der Waals surface area contributed by atoms with Crippen LogP contribution < -0.4 is 5.32 Å². The van der Waals surface area contributed by atoms with Crippen LogP contribution in [0.5, 0.6) is 0 Å². The molecule has 0 bridgehead atoms. The molecular weight excluding hydrogens is 310 g/mol. The maximum absolute atomic E-state index is 12.5. The number of amides is 1. The van der Waals surface area contributed by atoms with Gasteiger partial charge in [0.1, 0.15) is 0 Å². The van der Waals surface area contributed by atoms with Gasteiger partial charge in [0.15, 0.2) is 0 Å². The van der Waals surface area contributed by atoms with Crippen molar-refractivity contribution in [3.8, 4) is 0 Å². The molecule has 4 nitrogen and oxygen atoms in total. The first-order chi connectivity index (χ1) is 12.0. The molecule has 2 aliphatic rings. The zero-order chi connectivity index (χ0) is 17.8. The van der Waals surface area contributed by atoms with Crippen molar-refractivity contribution in [3.05, 3.63) is 28.8 Å². The van der Waals surface area contributed by atoms with Crippen molar-refractivity contribution in [1.82, 2.24) is 9.80 Å². The Morgan fingerprint density at radius 3 is 2.20 bits per heavy atom. The fourth-order valence-electron chi connectivity index (χ4n) is 4.49. The number of piperazine rings is 1. The molecule has 0 spiro atoms. The van der Waals surface area contributed by atoms with E-state index >= 15 is 0 Å². The first-order valence-electron chi connectivity index (χ1n) is 9.87. The minimum Gasteiger partial charge on any atom is -0.324 e. The van der Waals surface area contributed by atoms with Gasteiger partial charge in [-0.25, -0.2) is 0 Å². The predicted molar refractivity (Wildman–Crippen MR) is 104 cm³/mol. The summed E-state index contributed by atoms with van der Waals surface area (Å²) in [4.78, 5) is 17.4. The van der Waals surface area contributed by atoms with Crippen LogP contribution in [0.2, 0.25) is 0 Å². The van der Waals surface area contributed by atoms with Crippen molar-refractivity contribution in [3.63, 3.8) is 0 Å². The molecule has 2 fully saturated rings. The Bertz CT molecular complexity index is 576. The minimum atomic E-state index is 0.112. The highest BCUT2D eigenvalue weighted by molar-refractivity contribution is 5.93. The van der Waals surface area contributed by atoms with E-state index in [0.717, 1.165) is 49.0 Å². The Morgan fingerprint density at radius 1 is 1.00 bits per heavy atom. The van der Waals surface area contributed by atoms with Gasteiger partial charge >= 0.3 is 0 Å². The fourth-order valence-corrected chi connectivity index (χ4v) is 4.49. The van der Waals surface area contributed by atoms with Crippen LogP contribution in [0.15, 0.2) is 12.1 Å². The normalized spacial score (nSPS) is 20.6. The average Bonchev–Trinajstić information content (AvgIpc) is 2.59. The summed E-state index contributed by atoms with van der Waals surface area (Å²) in [6.07, 6.45) is 6.93. The van der Waals surface area contributed by atoms with Gasteiger partial charge in [0.05, 0.1) is 6.54 Å². The van der Waals surface area contributed by atoms with Crippen LogP contribution in [0.3, 0.4) is 0 Å². The number of anilines is 1. The number of nitrogens with zero attached hydrogens (tertiary/aromatic N) is 2. The van der Waals surface area contributed by atoms with Crippen molar-refractivity contribution in [2.75, 3.05) is 38.0 Å². The second kappa shape index (κ2) is 8.33. The Kier molecular flexibility index (Phi) is 6.13. The first kappa shape index (κ1) is 18.4. The molecular formula is C21H33N3O. The van der Waals surface area contributed by atoms with Gasteiger partial charge in [-0.15, -0.1) is 0 Å². The molecule has 1 saturated heterocycles. The maximum Gasteiger partial charge on any atom is 0.238 e. The van der Waals surface area contributed by atoms with E-state index in [1.54, 1.807) is 0 Å². The van der Waals surface area contributed by atoms with E-state index in [2.05, 4.69) is 48.0 Å². The smallest absolute Gasteiger partial charge is 0.238 e. The molecule has 1 N–H and O–H groups in total. The number of carbonyl (C=O) groups excluding carboxylic acids is 1. The molecule has 138 valence electrons. The Labute approximate surface area is 152 Å². The van der Waals surface area contributed by atoms with Crippen LogP contribution in [0.25, 0.3) is 0 Å². The number of aryl methyl sites for hydroxylation is 3. The highest BCUT2D eigenvalue weighted by atomic mass is 16.2. The number of nitrogens with one attached hydrogen (secondary N) is 1. The summed E-state index contributed by atoms with van der Waals surface area (Å²) in [5, 5.41) is 3.13. The summed E-state index contributed by atoms with van der Waals surface area (Å²) in [5.41, 5.74) is 4.52. The van der Waals surface area contributed by atoms with Crippen molar-refractivity contribution in [2.45, 2.75) is 58.9 Å². The molecule has 0 unspecified atom stereocenters. The lowest BCUT2D eigenvalue weighted by molar-refractivity contribution is -0.117. The van der Waals surface area contributed by atoms with Crippen LogP contribution in [0, 0.1) is 20.8 Å². The highest BCUT2D eigenvalue weighted by Crippen LogP contribution is 2.24. The van der Waals surface area contributed by atoms with Gasteiger partial charge < -0.3 is 5.32 Å². The molecule has 1 saturated carbocycles. The summed E-state index contributed by atoms with van der Waals surface area (Å²) in [6.45, 7) is 11.0. The monoisotopic (exact) mass is 343 g/mol. The number of rotatable bonds is 4. The van der Waals surface area contributed by atoms with Gasteiger partial charge in [0, 0.05) is 37.9 Å². The third kappa shape index (κ3) is 4.83. The van der Waals surface area contributed by atoms with Crippen LogP contribution >= 0.6 is 0 Å². The second-order valence-corrected chi connectivity index (χ2v) is 7.93. The summed E-state index contributed by atoms with van der Waals surface area (Å²) < 4.78 is 0. The number of carbonyl (C=O) groups is 1. The molecule has 1 aromatic rings. The predicted octanol–water partition coefficient (Wildman–Crippen LogP) is 3.50. The molecule has 0 atom stereocenters. The third-order valence-corrected chi connectivity index (χ3v) is 5.81. The first-order valence-corrected chi connectivity index (χ1v) is 9.87. The lowest BCUT2D eigenvalue weighted by atomic mass is 9.94. The second-order valence-electron chi connectivity index (χ2n) is 7.93. The zero-order valence-electron chi connectivity index (χ0n) is 16.1. The van der Waals surface area contributed by atoms with Gasteiger partial charge in [-0.05, 0) is 44.7 Å². The van der Waals surface area contributed by atoms with E-state index in [0.29, 0.717) is 6.54 Å². The summed E-state index contributed by atoms with van der Waals surface area (Å²) in [7, 11) is 0. The van der Waals surface area contributed by atoms with E-state index in [-0.39, 0.29) is 5.91 Å². The van der Waals surface area contributed by atoms with Gasteiger partial charge in [-0.2, -0.15) is 0 Å². The molecule has 3 rings (SSSR count). The SMILES string of the molecule is Cc1cc(C)c(NC(=O)CN2CCN(C3CCCCC3)CC2)c(C)c1. The topological polar surface area (TPSA) is 35.6 Å². The van der Waals surface area contributed by atoms with Crippen molar-refractivity contribution in [2.24, 2.45) is 0 Å². The van der Waals surface area contributed by atoms with Gasteiger partial charge in [-0.3, -0.25) is 14.6 Å². The number of benzene rings is 1. The number of hydrogen-bond acceptors (Lipinski definition) is 3. The van der Waals surface area contributed by atoms with Gasteiger partial charge in [0.25, 0.3) is 0 Å². The van der Waals surface area contributed by atoms with Crippen LogP contribution in [0.4, 0.5) is 5.69 Å². The summed E-state index contributed by atoms with van der Waals surface area (Å²) in [6, 6.07) is 5.06. The fraction of sp³-hybridized carbons (Fsp3) is 0.667. The molecule has 4 heteroatoms. The van der Waals surface area contributed by atoms with E-state index in [9.17, 15) is 4.79 Å². The van der Waals surface area contributed by atoms with Gasteiger partial charge in [0.2, 0.25) is 5.91 Å². The quantitative estimate of drug-likeness (QED) is 0.909. The molecule has 1 aliphatic heterocycles. The van der Waals surface area contributed by atoms with E-state index < -0.39 is 0 Å². The Hall–Kier alpha value is -1.39. The largest absolute Gasteiger partial charge is 0.324 e. The standard InChI is InChI=1S/C21H33N3O/c1-16-13-17(2)21(18(3)14-16)22-20(25)15-23-9-11-24(12-10-23)19-7-5-4-6-8-19/h13-14,19H,4-12,15H2,1-3H3,(H,22,25). The van der Waals surface area contributed by atoms with Crippen molar-refractivity contribution in [1.29, 1.82) is 0 Å². The highest BCUT2D eigenvalue weighted by Gasteiger charge is 2.25.